The molecule has 0 bridgehead atoms. The summed E-state index contributed by atoms with van der Waals surface area (Å²) in [5.74, 6) is -0.290. The van der Waals surface area contributed by atoms with Crippen LogP contribution in [0.4, 0.5) is 0 Å². The summed E-state index contributed by atoms with van der Waals surface area (Å²) in [6, 6.07) is 7.05. The van der Waals surface area contributed by atoms with E-state index in [9.17, 15) is 13.2 Å². The Balaban J connectivity index is 3.11. The Morgan fingerprint density at radius 1 is 1.29 bits per heavy atom. The molecule has 0 radical (unpaired) electrons. The monoisotopic (exact) mass is 254 g/mol. The minimum Gasteiger partial charge on any atom is -0.293 e. The van der Waals surface area contributed by atoms with Crippen LogP contribution in [0.5, 0.6) is 0 Å². The van der Waals surface area contributed by atoms with Gasteiger partial charge in [0.15, 0.2) is 15.6 Å². The maximum atomic E-state index is 12.2. The zero-order valence-corrected chi connectivity index (χ0v) is 11.3. The summed E-state index contributed by atoms with van der Waals surface area (Å²) in [6.45, 7) is 5.18. The molecule has 1 rings (SSSR count). The minimum absolute atomic E-state index is 0.00304. The summed E-state index contributed by atoms with van der Waals surface area (Å²) >= 11 is 0. The SMILES string of the molecule is CC[C@H](C(=O)c1cccc(C)c1)S(=O)(=O)CC. The van der Waals surface area contributed by atoms with E-state index in [2.05, 4.69) is 0 Å². The van der Waals surface area contributed by atoms with Crippen LogP contribution in [0.1, 0.15) is 36.2 Å². The van der Waals surface area contributed by atoms with E-state index in [1.165, 1.54) is 0 Å². The average Bonchev–Trinajstić information content (AvgIpc) is 2.29. The highest BCUT2D eigenvalue weighted by Gasteiger charge is 2.29. The van der Waals surface area contributed by atoms with E-state index >= 15 is 0 Å². The van der Waals surface area contributed by atoms with Crippen LogP contribution in [-0.2, 0) is 9.84 Å². The second-order valence-corrected chi connectivity index (χ2v) is 6.55. The molecule has 0 saturated heterocycles. The molecule has 0 aliphatic carbocycles. The first-order valence-electron chi connectivity index (χ1n) is 5.74. The Bertz CT molecular complexity index is 503. The summed E-state index contributed by atoms with van der Waals surface area (Å²) in [7, 11) is -3.32. The van der Waals surface area contributed by atoms with E-state index in [-0.39, 0.29) is 11.5 Å². The Morgan fingerprint density at radius 2 is 1.94 bits per heavy atom. The van der Waals surface area contributed by atoms with Crippen molar-refractivity contribution in [2.45, 2.75) is 32.4 Å². The fourth-order valence-corrected chi connectivity index (χ4v) is 3.16. The molecule has 4 heteroatoms. The van der Waals surface area contributed by atoms with Crippen LogP contribution in [0.25, 0.3) is 0 Å². The number of carbonyl (C=O) groups excluding carboxylic acids is 1. The minimum atomic E-state index is -3.32. The maximum Gasteiger partial charge on any atom is 0.180 e. The first-order chi connectivity index (χ1) is 7.92. The van der Waals surface area contributed by atoms with E-state index in [0.717, 1.165) is 5.56 Å². The van der Waals surface area contributed by atoms with Crippen molar-refractivity contribution in [1.82, 2.24) is 0 Å². The third-order valence-electron chi connectivity index (χ3n) is 2.80. The van der Waals surface area contributed by atoms with Crippen LogP contribution in [0.2, 0.25) is 0 Å². The number of hydrogen-bond donors (Lipinski definition) is 0. The number of hydrogen-bond acceptors (Lipinski definition) is 3. The summed E-state index contributed by atoms with van der Waals surface area (Å²) < 4.78 is 23.6. The van der Waals surface area contributed by atoms with Gasteiger partial charge in [-0.2, -0.15) is 0 Å². The van der Waals surface area contributed by atoms with Crippen LogP contribution < -0.4 is 0 Å². The molecule has 0 amide bonds. The van der Waals surface area contributed by atoms with E-state index in [4.69, 9.17) is 0 Å². The van der Waals surface area contributed by atoms with Gasteiger partial charge in [0.1, 0.15) is 5.25 Å². The third kappa shape index (κ3) is 3.16. The van der Waals surface area contributed by atoms with Gasteiger partial charge in [0, 0.05) is 11.3 Å². The summed E-state index contributed by atoms with van der Waals surface area (Å²) in [5.41, 5.74) is 1.44. The van der Waals surface area contributed by atoms with Gasteiger partial charge in [-0.05, 0) is 19.4 Å². The molecular weight excluding hydrogens is 236 g/mol. The Labute approximate surface area is 103 Å². The van der Waals surface area contributed by atoms with Crippen LogP contribution >= 0.6 is 0 Å². The van der Waals surface area contributed by atoms with E-state index in [1.54, 1.807) is 32.0 Å². The van der Waals surface area contributed by atoms with Gasteiger partial charge in [0.2, 0.25) is 0 Å². The molecule has 17 heavy (non-hydrogen) atoms. The first-order valence-corrected chi connectivity index (χ1v) is 7.46. The number of aryl methyl sites for hydroxylation is 1. The maximum absolute atomic E-state index is 12.2. The summed E-state index contributed by atoms with van der Waals surface area (Å²) in [5, 5.41) is -0.908. The molecule has 0 N–H and O–H groups in total. The summed E-state index contributed by atoms with van der Waals surface area (Å²) in [6.07, 6.45) is 0.322. The van der Waals surface area contributed by atoms with Gasteiger partial charge < -0.3 is 0 Å². The molecule has 1 aromatic carbocycles. The zero-order chi connectivity index (χ0) is 13.1. The molecule has 3 nitrogen and oxygen atoms in total. The van der Waals surface area contributed by atoms with Crippen molar-refractivity contribution < 1.29 is 13.2 Å². The van der Waals surface area contributed by atoms with E-state index in [0.29, 0.717) is 12.0 Å². The molecule has 1 atom stereocenters. The van der Waals surface area contributed by atoms with Crippen molar-refractivity contribution in [2.75, 3.05) is 5.75 Å². The molecule has 0 aliphatic rings. The lowest BCUT2D eigenvalue weighted by Crippen LogP contribution is -2.31. The quantitative estimate of drug-likeness (QED) is 0.758. The van der Waals surface area contributed by atoms with Gasteiger partial charge in [-0.3, -0.25) is 4.79 Å². The van der Waals surface area contributed by atoms with Crippen LogP contribution in [0.15, 0.2) is 24.3 Å². The topological polar surface area (TPSA) is 51.2 Å². The first kappa shape index (κ1) is 13.9. The number of carbonyl (C=O) groups is 1. The molecule has 1 aromatic rings. The van der Waals surface area contributed by atoms with Crippen LogP contribution in [0.3, 0.4) is 0 Å². The van der Waals surface area contributed by atoms with Crippen molar-refractivity contribution in [1.29, 1.82) is 0 Å². The Hall–Kier alpha value is -1.16. The van der Waals surface area contributed by atoms with Crippen molar-refractivity contribution in [2.24, 2.45) is 0 Å². The Kier molecular flexibility index (Phi) is 4.46. The number of rotatable bonds is 5. The lowest BCUT2D eigenvalue weighted by molar-refractivity contribution is 0.0985. The van der Waals surface area contributed by atoms with Gasteiger partial charge in [-0.25, -0.2) is 8.42 Å². The molecule has 94 valence electrons. The number of Topliss-reactive ketones (excluding diaryl/α,β-unsaturated/α-hetero) is 1. The smallest absolute Gasteiger partial charge is 0.180 e. The van der Waals surface area contributed by atoms with Crippen LogP contribution in [0, 0.1) is 6.92 Å². The molecule has 0 fully saturated rings. The average molecular weight is 254 g/mol. The molecular formula is C13H18O3S. The Morgan fingerprint density at radius 3 is 2.41 bits per heavy atom. The van der Waals surface area contributed by atoms with Gasteiger partial charge >= 0.3 is 0 Å². The lowest BCUT2D eigenvalue weighted by Gasteiger charge is -2.13. The molecule has 0 heterocycles. The van der Waals surface area contributed by atoms with Crippen molar-refractivity contribution in [3.8, 4) is 0 Å². The van der Waals surface area contributed by atoms with Gasteiger partial charge in [0.05, 0.1) is 0 Å². The largest absolute Gasteiger partial charge is 0.293 e. The second-order valence-electron chi connectivity index (χ2n) is 4.08. The molecule has 0 aromatic heterocycles. The number of benzene rings is 1. The third-order valence-corrected chi connectivity index (χ3v) is 5.02. The lowest BCUT2D eigenvalue weighted by atomic mass is 10.0. The van der Waals surface area contributed by atoms with E-state index in [1.807, 2.05) is 13.0 Å². The predicted molar refractivity (Wildman–Crippen MR) is 69.0 cm³/mol. The van der Waals surface area contributed by atoms with Gasteiger partial charge in [-0.1, -0.05) is 37.6 Å². The molecule has 0 spiro atoms. The van der Waals surface area contributed by atoms with E-state index < -0.39 is 15.1 Å². The normalized spacial score (nSPS) is 13.4. The summed E-state index contributed by atoms with van der Waals surface area (Å²) in [4.78, 5) is 12.2. The second kappa shape index (κ2) is 5.45. The van der Waals surface area contributed by atoms with Gasteiger partial charge in [-0.15, -0.1) is 0 Å². The highest BCUT2D eigenvalue weighted by Crippen LogP contribution is 2.15. The molecule has 0 unspecified atom stereocenters. The van der Waals surface area contributed by atoms with Crippen molar-refractivity contribution in [3.05, 3.63) is 35.4 Å². The standard InChI is InChI=1S/C13H18O3S/c1-4-12(17(15,16)5-2)13(14)11-8-6-7-10(3)9-11/h6-9,12H,4-5H2,1-3H3/t12-/m1/s1. The molecule has 0 aliphatic heterocycles. The highest BCUT2D eigenvalue weighted by atomic mass is 32.2. The highest BCUT2D eigenvalue weighted by molar-refractivity contribution is 7.92. The number of sulfone groups is 1. The predicted octanol–water partition coefficient (Wildman–Crippen LogP) is 2.39. The van der Waals surface area contributed by atoms with Crippen molar-refractivity contribution >= 4 is 15.6 Å². The fraction of sp³-hybridized carbons (Fsp3) is 0.462. The van der Waals surface area contributed by atoms with Crippen molar-refractivity contribution in [3.63, 3.8) is 0 Å². The zero-order valence-electron chi connectivity index (χ0n) is 10.4. The van der Waals surface area contributed by atoms with Gasteiger partial charge in [0.25, 0.3) is 0 Å². The van der Waals surface area contributed by atoms with Crippen LogP contribution in [-0.4, -0.2) is 25.2 Å². The fourth-order valence-electron chi connectivity index (χ4n) is 1.79. The number of ketones is 1. The molecule has 0 saturated carbocycles.